The molecule has 0 aliphatic carbocycles. The van der Waals surface area contributed by atoms with Crippen molar-refractivity contribution in [3.05, 3.63) is 58.4 Å². The Labute approximate surface area is 137 Å². The first-order chi connectivity index (χ1) is 11.6. The maximum Gasteiger partial charge on any atom is 0.285 e. The molecule has 0 atom stereocenters. The number of hydrogen-bond acceptors (Lipinski definition) is 5. The van der Waals surface area contributed by atoms with Crippen LogP contribution >= 0.6 is 0 Å². The zero-order chi connectivity index (χ0) is 17.3. The molecule has 0 fully saturated rings. The van der Waals surface area contributed by atoms with Crippen LogP contribution in [0.1, 0.15) is 10.6 Å². The second-order valence-corrected chi connectivity index (χ2v) is 5.07. The monoisotopic (exact) mass is 325 g/mol. The molecule has 2 aromatic carbocycles. The molecule has 3 rings (SSSR count). The summed E-state index contributed by atoms with van der Waals surface area (Å²) >= 11 is 0. The predicted octanol–water partition coefficient (Wildman–Crippen LogP) is 2.58. The normalized spacial score (nSPS) is 10.6. The van der Waals surface area contributed by atoms with Crippen molar-refractivity contribution in [1.29, 1.82) is 0 Å². The van der Waals surface area contributed by atoms with Gasteiger partial charge in [0.2, 0.25) is 11.2 Å². The largest absolute Gasteiger partial charge is 0.493 e. The lowest BCUT2D eigenvalue weighted by Gasteiger charge is -2.11. The first-order valence-electron chi connectivity index (χ1n) is 7.15. The van der Waals surface area contributed by atoms with Crippen LogP contribution < -0.4 is 20.6 Å². The molecular formula is C18H15NO5. The van der Waals surface area contributed by atoms with Gasteiger partial charge < -0.3 is 19.6 Å². The van der Waals surface area contributed by atoms with E-state index in [1.54, 1.807) is 42.5 Å². The lowest BCUT2D eigenvalue weighted by atomic mass is 10.0. The molecule has 0 saturated carbocycles. The highest BCUT2D eigenvalue weighted by Crippen LogP contribution is 2.33. The highest BCUT2D eigenvalue weighted by molar-refractivity contribution is 5.99. The third-order valence-corrected chi connectivity index (χ3v) is 3.69. The van der Waals surface area contributed by atoms with Crippen LogP contribution in [0.25, 0.3) is 22.1 Å². The summed E-state index contributed by atoms with van der Waals surface area (Å²) in [4.78, 5) is 24.7. The van der Waals surface area contributed by atoms with E-state index in [-0.39, 0.29) is 16.8 Å². The Kier molecular flexibility index (Phi) is 3.95. The van der Waals surface area contributed by atoms with Gasteiger partial charge in [-0.25, -0.2) is 0 Å². The van der Waals surface area contributed by atoms with Gasteiger partial charge in [-0.2, -0.15) is 0 Å². The van der Waals surface area contributed by atoms with Gasteiger partial charge in [-0.15, -0.1) is 0 Å². The molecule has 122 valence electrons. The maximum atomic E-state index is 12.9. The first kappa shape index (κ1) is 15.6. The molecule has 0 spiro atoms. The van der Waals surface area contributed by atoms with Crippen LogP contribution in [0.5, 0.6) is 11.5 Å². The molecule has 6 nitrogen and oxygen atoms in total. The zero-order valence-corrected chi connectivity index (χ0v) is 13.2. The zero-order valence-electron chi connectivity index (χ0n) is 13.2. The van der Waals surface area contributed by atoms with Crippen molar-refractivity contribution in [3.63, 3.8) is 0 Å². The van der Waals surface area contributed by atoms with Crippen LogP contribution in [-0.2, 0) is 0 Å². The van der Waals surface area contributed by atoms with Gasteiger partial charge in [0, 0.05) is 0 Å². The van der Waals surface area contributed by atoms with Crippen LogP contribution in [0.15, 0.2) is 51.7 Å². The van der Waals surface area contributed by atoms with E-state index in [2.05, 4.69) is 0 Å². The number of carbonyl (C=O) groups is 1. The van der Waals surface area contributed by atoms with Gasteiger partial charge in [-0.05, 0) is 29.8 Å². The summed E-state index contributed by atoms with van der Waals surface area (Å²) in [6, 6.07) is 11.6. The summed E-state index contributed by atoms with van der Waals surface area (Å²) in [6.45, 7) is 0. The summed E-state index contributed by atoms with van der Waals surface area (Å²) in [7, 11) is 3.00. The lowest BCUT2D eigenvalue weighted by Crippen LogP contribution is -2.18. The van der Waals surface area contributed by atoms with Gasteiger partial charge in [-0.1, -0.05) is 18.2 Å². The van der Waals surface area contributed by atoms with E-state index in [0.29, 0.717) is 28.0 Å². The first-order valence-corrected chi connectivity index (χ1v) is 7.15. The number of para-hydroxylation sites is 1. The number of benzene rings is 2. The van der Waals surface area contributed by atoms with Gasteiger partial charge in [0.05, 0.1) is 25.2 Å². The molecule has 1 amide bonds. The Morgan fingerprint density at radius 1 is 1.04 bits per heavy atom. The van der Waals surface area contributed by atoms with Crippen LogP contribution in [0, 0.1) is 0 Å². The molecule has 3 aromatic rings. The van der Waals surface area contributed by atoms with Crippen molar-refractivity contribution in [2.45, 2.75) is 0 Å². The minimum atomic E-state index is -0.817. The van der Waals surface area contributed by atoms with Gasteiger partial charge in [0.25, 0.3) is 5.91 Å². The molecule has 0 unspecified atom stereocenters. The van der Waals surface area contributed by atoms with Crippen molar-refractivity contribution in [3.8, 4) is 22.6 Å². The van der Waals surface area contributed by atoms with Crippen molar-refractivity contribution >= 4 is 16.9 Å². The quantitative estimate of drug-likeness (QED) is 0.796. The molecule has 0 radical (unpaired) electrons. The van der Waals surface area contributed by atoms with E-state index in [1.807, 2.05) is 0 Å². The number of methoxy groups -OCH3 is 2. The average molecular weight is 325 g/mol. The highest BCUT2D eigenvalue weighted by atomic mass is 16.5. The van der Waals surface area contributed by atoms with Gasteiger partial charge in [0.15, 0.2) is 11.5 Å². The number of fused-ring (bicyclic) bond motifs is 1. The van der Waals surface area contributed by atoms with E-state index < -0.39 is 5.91 Å². The number of ether oxygens (including phenoxy) is 2. The van der Waals surface area contributed by atoms with Crippen molar-refractivity contribution in [1.82, 2.24) is 0 Å². The lowest BCUT2D eigenvalue weighted by molar-refractivity contribution is 0.0975. The molecule has 0 saturated heterocycles. The summed E-state index contributed by atoms with van der Waals surface area (Å²) in [5.41, 5.74) is 5.94. The molecule has 6 heteroatoms. The second kappa shape index (κ2) is 6.08. The second-order valence-electron chi connectivity index (χ2n) is 5.07. The topological polar surface area (TPSA) is 91.8 Å². The molecule has 1 heterocycles. The van der Waals surface area contributed by atoms with Crippen LogP contribution in [-0.4, -0.2) is 20.1 Å². The van der Waals surface area contributed by atoms with Gasteiger partial charge >= 0.3 is 0 Å². The Balaban J connectivity index is 2.36. The average Bonchev–Trinajstić information content (AvgIpc) is 2.61. The minimum absolute atomic E-state index is 0.0992. The maximum absolute atomic E-state index is 12.9. The minimum Gasteiger partial charge on any atom is -0.493 e. The summed E-state index contributed by atoms with van der Waals surface area (Å²) in [5, 5.41) is 0.368. The third-order valence-electron chi connectivity index (χ3n) is 3.69. The fourth-order valence-corrected chi connectivity index (χ4v) is 2.57. The van der Waals surface area contributed by atoms with Crippen LogP contribution in [0.4, 0.5) is 0 Å². The number of rotatable bonds is 4. The fourth-order valence-electron chi connectivity index (χ4n) is 2.57. The summed E-state index contributed by atoms with van der Waals surface area (Å²) in [6.07, 6.45) is 0. The predicted molar refractivity (Wildman–Crippen MR) is 89.5 cm³/mol. The number of hydrogen-bond donors (Lipinski definition) is 1. The molecule has 24 heavy (non-hydrogen) atoms. The Hall–Kier alpha value is -3.28. The fraction of sp³-hybridized carbons (Fsp3) is 0.111. The van der Waals surface area contributed by atoms with E-state index in [1.165, 1.54) is 14.2 Å². The van der Waals surface area contributed by atoms with E-state index in [9.17, 15) is 9.59 Å². The molecular weight excluding hydrogens is 310 g/mol. The van der Waals surface area contributed by atoms with Crippen LogP contribution in [0.2, 0.25) is 0 Å². The van der Waals surface area contributed by atoms with E-state index in [4.69, 9.17) is 19.6 Å². The molecule has 1 aromatic heterocycles. The molecule has 0 aliphatic heterocycles. The van der Waals surface area contributed by atoms with E-state index in [0.717, 1.165) is 0 Å². The van der Waals surface area contributed by atoms with Gasteiger partial charge in [-0.3, -0.25) is 9.59 Å². The third kappa shape index (κ3) is 2.48. The Morgan fingerprint density at radius 2 is 1.75 bits per heavy atom. The Bertz CT molecular complexity index is 990. The number of nitrogens with two attached hydrogens (primary N) is 1. The number of carbonyl (C=O) groups excluding carboxylic acids is 1. The SMILES string of the molecule is COc1ccc(-c2c(C(N)=O)oc3ccccc3c2=O)cc1OC. The van der Waals surface area contributed by atoms with E-state index >= 15 is 0 Å². The highest BCUT2D eigenvalue weighted by Gasteiger charge is 2.21. The van der Waals surface area contributed by atoms with Gasteiger partial charge in [0.1, 0.15) is 5.58 Å². The summed E-state index contributed by atoms with van der Waals surface area (Å²) < 4.78 is 16.0. The van der Waals surface area contributed by atoms with Crippen LogP contribution in [0.3, 0.4) is 0 Å². The smallest absolute Gasteiger partial charge is 0.285 e. The number of primary amides is 1. The van der Waals surface area contributed by atoms with Crippen molar-refractivity contribution in [2.24, 2.45) is 5.73 Å². The molecule has 2 N–H and O–H groups in total. The van der Waals surface area contributed by atoms with Crippen molar-refractivity contribution < 1.29 is 18.7 Å². The molecule has 0 aliphatic rings. The van der Waals surface area contributed by atoms with Crippen molar-refractivity contribution in [2.75, 3.05) is 14.2 Å². The Morgan fingerprint density at radius 3 is 2.42 bits per heavy atom. The molecule has 0 bridgehead atoms. The number of amides is 1. The summed E-state index contributed by atoms with van der Waals surface area (Å²) in [5.74, 6) is -0.0708. The standard InChI is InChI=1S/C18H15NO5/c1-22-13-8-7-10(9-14(13)23-2)15-16(20)11-5-3-4-6-12(11)24-17(15)18(19)21/h3-9H,1-2H3,(H2,19,21).